The van der Waals surface area contributed by atoms with Gasteiger partial charge in [0.25, 0.3) is 0 Å². The Hall–Kier alpha value is -1.14. The molecule has 0 bridgehead atoms. The fourth-order valence-corrected chi connectivity index (χ4v) is 5.40. The minimum absolute atomic E-state index is 0.0414. The molecule has 1 aliphatic heterocycles. The normalized spacial score (nSPS) is 17.0. The van der Waals surface area contributed by atoms with Crippen LogP contribution in [0.3, 0.4) is 0 Å². The van der Waals surface area contributed by atoms with Crippen LogP contribution < -0.4 is 10.1 Å². The minimum Gasteiger partial charge on any atom is -0.497 e. The lowest BCUT2D eigenvalue weighted by molar-refractivity contribution is -0.121. The molecule has 2 rings (SSSR count). The maximum absolute atomic E-state index is 12.0. The molecule has 0 radical (unpaired) electrons. The van der Waals surface area contributed by atoms with E-state index in [4.69, 9.17) is 4.74 Å². The Morgan fingerprint density at radius 1 is 1.26 bits per heavy atom. The number of hydrogen-bond donors (Lipinski definition) is 1. The van der Waals surface area contributed by atoms with Crippen molar-refractivity contribution in [1.29, 1.82) is 0 Å². The van der Waals surface area contributed by atoms with Crippen LogP contribution in [0.15, 0.2) is 24.3 Å². The zero-order chi connectivity index (χ0) is 16.5. The third-order valence-electron chi connectivity index (χ3n) is 3.77. The molecule has 1 aromatic carbocycles. The molecule has 1 atom stereocenters. The van der Waals surface area contributed by atoms with Crippen LogP contribution in [0.1, 0.15) is 42.5 Å². The SMILES string of the molecule is COc1ccc(C(=O)CNC(=O)CCCC[C@H]2CCSS2)cc1. The van der Waals surface area contributed by atoms with Gasteiger partial charge in [0.05, 0.1) is 13.7 Å². The molecule has 4 nitrogen and oxygen atoms in total. The summed E-state index contributed by atoms with van der Waals surface area (Å²) in [7, 11) is 5.51. The van der Waals surface area contributed by atoms with Crippen LogP contribution in [0.25, 0.3) is 0 Å². The van der Waals surface area contributed by atoms with Crippen LogP contribution >= 0.6 is 21.6 Å². The van der Waals surface area contributed by atoms with Gasteiger partial charge in [-0.1, -0.05) is 28.0 Å². The summed E-state index contributed by atoms with van der Waals surface area (Å²) in [5.41, 5.74) is 0.585. The molecule has 0 saturated carbocycles. The van der Waals surface area contributed by atoms with Gasteiger partial charge in [-0.25, -0.2) is 0 Å². The molecule has 1 fully saturated rings. The van der Waals surface area contributed by atoms with E-state index in [0.717, 1.165) is 18.1 Å². The van der Waals surface area contributed by atoms with Crippen molar-refractivity contribution in [3.8, 4) is 5.75 Å². The molecule has 0 spiro atoms. The highest BCUT2D eigenvalue weighted by Gasteiger charge is 2.16. The number of hydrogen-bond acceptors (Lipinski definition) is 5. The van der Waals surface area contributed by atoms with Crippen molar-refractivity contribution in [2.45, 2.75) is 37.4 Å². The van der Waals surface area contributed by atoms with Crippen molar-refractivity contribution in [2.75, 3.05) is 19.4 Å². The van der Waals surface area contributed by atoms with Crippen LogP contribution in [-0.4, -0.2) is 36.3 Å². The Morgan fingerprint density at radius 3 is 2.70 bits per heavy atom. The van der Waals surface area contributed by atoms with Crippen molar-refractivity contribution in [3.05, 3.63) is 29.8 Å². The summed E-state index contributed by atoms with van der Waals surface area (Å²) in [6.07, 6.45) is 4.95. The molecule has 0 unspecified atom stereocenters. The van der Waals surface area contributed by atoms with Crippen LogP contribution in [0, 0.1) is 0 Å². The largest absolute Gasteiger partial charge is 0.497 e. The fourth-order valence-electron chi connectivity index (χ4n) is 2.37. The monoisotopic (exact) mass is 353 g/mol. The first kappa shape index (κ1) is 18.2. The Morgan fingerprint density at radius 2 is 2.04 bits per heavy atom. The predicted octanol–water partition coefficient (Wildman–Crippen LogP) is 3.71. The highest BCUT2D eigenvalue weighted by atomic mass is 33.1. The first-order valence-electron chi connectivity index (χ1n) is 7.91. The second-order valence-electron chi connectivity index (χ2n) is 5.50. The van der Waals surface area contributed by atoms with Gasteiger partial charge in [0, 0.05) is 23.0 Å². The molecule has 1 N–H and O–H groups in total. The third-order valence-corrected chi connectivity index (χ3v) is 6.77. The van der Waals surface area contributed by atoms with Gasteiger partial charge in [0.1, 0.15) is 5.75 Å². The molecular weight excluding hydrogens is 330 g/mol. The molecule has 23 heavy (non-hydrogen) atoms. The number of carbonyl (C=O) groups excluding carboxylic acids is 2. The van der Waals surface area contributed by atoms with Crippen LogP contribution in [0.2, 0.25) is 0 Å². The van der Waals surface area contributed by atoms with Crippen LogP contribution in [0.5, 0.6) is 5.75 Å². The summed E-state index contributed by atoms with van der Waals surface area (Å²) in [6, 6.07) is 6.91. The number of ether oxygens (including phenoxy) is 1. The second-order valence-corrected chi connectivity index (χ2v) is 8.29. The van der Waals surface area contributed by atoms with E-state index >= 15 is 0 Å². The average molecular weight is 354 g/mol. The standard InChI is InChI=1S/C17H23NO3S2/c1-21-14-8-6-13(7-9-14)16(19)12-18-17(20)5-3-2-4-15-10-11-22-23-15/h6-9,15H,2-5,10-12H2,1H3,(H,18,20)/t15-/m0/s1. The molecule has 1 aliphatic rings. The molecule has 1 saturated heterocycles. The molecule has 1 aromatic rings. The van der Waals surface area contributed by atoms with E-state index in [1.807, 2.05) is 21.6 Å². The Bertz CT molecular complexity index is 513. The quantitative estimate of drug-likeness (QED) is 0.417. The molecule has 6 heteroatoms. The summed E-state index contributed by atoms with van der Waals surface area (Å²) in [5.74, 6) is 1.84. The lowest BCUT2D eigenvalue weighted by atomic mass is 10.1. The van der Waals surface area contributed by atoms with E-state index in [9.17, 15) is 9.59 Å². The molecule has 0 aromatic heterocycles. The molecule has 1 heterocycles. The van der Waals surface area contributed by atoms with Crippen molar-refractivity contribution in [3.63, 3.8) is 0 Å². The van der Waals surface area contributed by atoms with Crippen molar-refractivity contribution < 1.29 is 14.3 Å². The van der Waals surface area contributed by atoms with Gasteiger partial charge in [-0.05, 0) is 43.5 Å². The summed E-state index contributed by atoms with van der Waals surface area (Å²) in [5, 5.41) is 3.47. The van der Waals surface area contributed by atoms with E-state index < -0.39 is 0 Å². The van der Waals surface area contributed by atoms with E-state index in [0.29, 0.717) is 17.7 Å². The summed E-state index contributed by atoms with van der Waals surface area (Å²) in [6.45, 7) is 0.0558. The summed E-state index contributed by atoms with van der Waals surface area (Å²) < 4.78 is 5.05. The van der Waals surface area contributed by atoms with E-state index in [1.54, 1.807) is 31.4 Å². The molecule has 126 valence electrons. The Balaban J connectivity index is 1.60. The fraction of sp³-hybridized carbons (Fsp3) is 0.529. The van der Waals surface area contributed by atoms with Crippen molar-refractivity contribution in [1.82, 2.24) is 5.32 Å². The predicted molar refractivity (Wildman–Crippen MR) is 97.3 cm³/mol. The topological polar surface area (TPSA) is 55.4 Å². The van der Waals surface area contributed by atoms with E-state index in [2.05, 4.69) is 5.32 Å². The first-order chi connectivity index (χ1) is 11.2. The second kappa shape index (κ2) is 9.88. The Kier molecular flexibility index (Phi) is 7.82. The van der Waals surface area contributed by atoms with E-state index in [-0.39, 0.29) is 18.2 Å². The molecule has 0 aliphatic carbocycles. The third kappa shape index (κ3) is 6.47. The van der Waals surface area contributed by atoms with Crippen molar-refractivity contribution in [2.24, 2.45) is 0 Å². The van der Waals surface area contributed by atoms with Gasteiger partial charge < -0.3 is 10.1 Å². The zero-order valence-corrected chi connectivity index (χ0v) is 15.0. The first-order valence-corrected chi connectivity index (χ1v) is 10.3. The lowest BCUT2D eigenvalue weighted by Gasteiger charge is -2.07. The Labute approximate surface area is 145 Å². The van der Waals surface area contributed by atoms with Crippen LogP contribution in [-0.2, 0) is 4.79 Å². The number of benzene rings is 1. The van der Waals surface area contributed by atoms with Gasteiger partial charge in [-0.2, -0.15) is 0 Å². The highest BCUT2D eigenvalue weighted by molar-refractivity contribution is 8.77. The van der Waals surface area contributed by atoms with Gasteiger partial charge in [0.2, 0.25) is 5.91 Å². The lowest BCUT2D eigenvalue weighted by Crippen LogP contribution is -2.29. The van der Waals surface area contributed by atoms with E-state index in [1.165, 1.54) is 18.6 Å². The highest BCUT2D eigenvalue weighted by Crippen LogP contribution is 2.39. The number of Topliss-reactive ketones (excluding diaryl/α,β-unsaturated/α-hetero) is 1. The average Bonchev–Trinajstić information content (AvgIpc) is 3.10. The van der Waals surface area contributed by atoms with Gasteiger partial charge in [-0.3, -0.25) is 9.59 Å². The summed E-state index contributed by atoms with van der Waals surface area (Å²) in [4.78, 5) is 23.8. The maximum atomic E-state index is 12.0. The minimum atomic E-state index is -0.0830. The summed E-state index contributed by atoms with van der Waals surface area (Å²) >= 11 is 0. The number of unbranched alkanes of at least 4 members (excludes halogenated alkanes) is 1. The molecular formula is C17H23NO3S2. The van der Waals surface area contributed by atoms with Gasteiger partial charge in [0.15, 0.2) is 5.78 Å². The number of methoxy groups -OCH3 is 1. The maximum Gasteiger partial charge on any atom is 0.220 e. The van der Waals surface area contributed by atoms with Gasteiger partial charge >= 0.3 is 0 Å². The van der Waals surface area contributed by atoms with Crippen molar-refractivity contribution >= 4 is 33.3 Å². The molecule has 1 amide bonds. The number of carbonyl (C=O) groups is 2. The van der Waals surface area contributed by atoms with Gasteiger partial charge in [-0.15, -0.1) is 0 Å². The zero-order valence-electron chi connectivity index (χ0n) is 13.4. The smallest absolute Gasteiger partial charge is 0.220 e. The number of ketones is 1. The number of amides is 1. The number of rotatable bonds is 9. The van der Waals surface area contributed by atoms with Crippen LogP contribution in [0.4, 0.5) is 0 Å². The number of nitrogens with one attached hydrogen (secondary N) is 1.